The van der Waals surface area contributed by atoms with E-state index in [-0.39, 0.29) is 44.8 Å². The largest absolute Gasteiger partial charge is 0.506 e. The van der Waals surface area contributed by atoms with E-state index in [1.807, 2.05) is 30.3 Å². The molecular formula is C23H20CuN4O11S3. The molecule has 4 aromatic rings. The van der Waals surface area contributed by atoms with Gasteiger partial charge in [0.15, 0.2) is 5.75 Å². The zero-order valence-corrected chi connectivity index (χ0v) is 24.3. The molecule has 0 atom stereocenters. The predicted octanol–water partition coefficient (Wildman–Crippen LogP) is 3.69. The Morgan fingerprint density at radius 2 is 1.36 bits per heavy atom. The summed E-state index contributed by atoms with van der Waals surface area (Å²) >= 11 is 0. The summed E-state index contributed by atoms with van der Waals surface area (Å²) in [5, 5.41) is 36.6. The summed E-state index contributed by atoms with van der Waals surface area (Å²) < 4.78 is 83.0. The topological polar surface area (TPSA) is 246 Å². The summed E-state index contributed by atoms with van der Waals surface area (Å²) in [6, 6.07) is 19.4. The minimum atomic E-state index is -4.46. The molecule has 0 unspecified atom stereocenters. The maximum Gasteiger partial charge on any atom is 0.425 e. The first-order valence-electron chi connectivity index (χ1n) is 10.8. The predicted molar refractivity (Wildman–Crippen MR) is 146 cm³/mol. The first-order chi connectivity index (χ1) is 19.2. The molecule has 42 heavy (non-hydrogen) atoms. The molecule has 0 saturated heterocycles. The molecule has 0 heterocycles. The normalized spacial score (nSPS) is 10.3. The van der Waals surface area contributed by atoms with Crippen LogP contribution in [0.4, 0.5) is 28.4 Å². The molecule has 5 N–H and O–H groups in total. The maximum atomic E-state index is 11.5. The van der Waals surface area contributed by atoms with Crippen molar-refractivity contribution in [1.82, 2.24) is 0 Å². The van der Waals surface area contributed by atoms with Crippen LogP contribution in [0.5, 0.6) is 11.5 Å². The SMILES string of the molecule is CNc1cccc(N=Nc2c(Nc3cc(S(=O)(=O)O)ccc3O)ccc3ccccc23)c1O.O=S(=O)=O.O=S(=O)=O.[Cu]. The van der Waals surface area contributed by atoms with Crippen molar-refractivity contribution in [1.29, 1.82) is 0 Å². The summed E-state index contributed by atoms with van der Waals surface area (Å²) in [7, 11) is -9.01. The molecule has 0 spiro atoms. The molecule has 4 aromatic carbocycles. The van der Waals surface area contributed by atoms with E-state index in [9.17, 15) is 23.2 Å². The molecule has 0 bridgehead atoms. The molecule has 15 nitrogen and oxygen atoms in total. The van der Waals surface area contributed by atoms with E-state index in [2.05, 4.69) is 20.9 Å². The van der Waals surface area contributed by atoms with Crippen LogP contribution in [0.2, 0.25) is 0 Å². The van der Waals surface area contributed by atoms with Crippen molar-refractivity contribution < 1.29 is 65.5 Å². The Morgan fingerprint density at radius 3 is 1.95 bits per heavy atom. The molecule has 0 aromatic heterocycles. The molecule has 0 aliphatic heterocycles. The van der Waals surface area contributed by atoms with Crippen LogP contribution in [0.3, 0.4) is 0 Å². The third-order valence-corrected chi connectivity index (χ3v) is 5.83. The Bertz CT molecular complexity index is 1900. The van der Waals surface area contributed by atoms with E-state index in [4.69, 9.17) is 25.3 Å². The zero-order chi connectivity index (χ0) is 30.7. The van der Waals surface area contributed by atoms with Gasteiger partial charge in [0.2, 0.25) is 0 Å². The minimum absolute atomic E-state index is 0. The number of benzene rings is 4. The molecule has 0 fully saturated rings. The van der Waals surface area contributed by atoms with Gasteiger partial charge < -0.3 is 20.8 Å². The van der Waals surface area contributed by atoms with Crippen LogP contribution in [-0.4, -0.2) is 55.5 Å². The van der Waals surface area contributed by atoms with Crippen LogP contribution in [-0.2, 0) is 48.4 Å². The van der Waals surface area contributed by atoms with Crippen LogP contribution in [0.1, 0.15) is 0 Å². The Hall–Kier alpha value is -4.39. The Balaban J connectivity index is 0.000000873. The average molecular weight is 688 g/mol. The van der Waals surface area contributed by atoms with E-state index >= 15 is 0 Å². The number of fused-ring (bicyclic) bond motifs is 1. The van der Waals surface area contributed by atoms with Gasteiger partial charge in [-0.1, -0.05) is 36.4 Å². The smallest absolute Gasteiger partial charge is 0.425 e. The van der Waals surface area contributed by atoms with Gasteiger partial charge in [0.1, 0.15) is 17.1 Å². The molecule has 19 heteroatoms. The van der Waals surface area contributed by atoms with Crippen molar-refractivity contribution in [3.05, 3.63) is 72.8 Å². The number of nitrogens with one attached hydrogen (secondary N) is 2. The van der Waals surface area contributed by atoms with Gasteiger partial charge in [-0.2, -0.15) is 8.42 Å². The molecule has 0 aliphatic carbocycles. The van der Waals surface area contributed by atoms with Gasteiger partial charge in [0, 0.05) is 29.5 Å². The van der Waals surface area contributed by atoms with Crippen molar-refractivity contribution in [3.63, 3.8) is 0 Å². The van der Waals surface area contributed by atoms with E-state index in [0.717, 1.165) is 29.0 Å². The number of nitrogens with zero attached hydrogens (tertiary/aromatic N) is 2. The first-order valence-corrected chi connectivity index (χ1v) is 14.2. The number of para-hydroxylation sites is 1. The van der Waals surface area contributed by atoms with Gasteiger partial charge in [-0.25, -0.2) is 0 Å². The second kappa shape index (κ2) is 16.2. The number of phenols is 2. The van der Waals surface area contributed by atoms with Crippen LogP contribution in [0.25, 0.3) is 10.8 Å². The van der Waals surface area contributed by atoms with E-state index < -0.39 is 31.3 Å². The van der Waals surface area contributed by atoms with E-state index in [0.29, 0.717) is 17.1 Å². The second-order valence-electron chi connectivity index (χ2n) is 7.49. The van der Waals surface area contributed by atoms with Crippen molar-refractivity contribution in [2.45, 2.75) is 4.90 Å². The third kappa shape index (κ3) is 10.5. The van der Waals surface area contributed by atoms with Crippen molar-refractivity contribution in [2.75, 3.05) is 17.7 Å². The number of phenolic OH excluding ortho intramolecular Hbond substituents is 2. The number of aromatic hydroxyl groups is 2. The van der Waals surface area contributed by atoms with Crippen LogP contribution < -0.4 is 10.6 Å². The molecule has 4 rings (SSSR count). The first kappa shape index (κ1) is 35.6. The van der Waals surface area contributed by atoms with Crippen LogP contribution in [0.15, 0.2) is 87.9 Å². The number of rotatable bonds is 6. The van der Waals surface area contributed by atoms with E-state index in [1.165, 1.54) is 0 Å². The van der Waals surface area contributed by atoms with Gasteiger partial charge in [-0.15, -0.1) is 35.5 Å². The summed E-state index contributed by atoms with van der Waals surface area (Å²) in [5.41, 5.74) is 1.62. The van der Waals surface area contributed by atoms with Crippen LogP contribution in [0, 0.1) is 0 Å². The van der Waals surface area contributed by atoms with Crippen LogP contribution >= 0.6 is 0 Å². The molecule has 0 saturated carbocycles. The number of hydrogen-bond donors (Lipinski definition) is 5. The molecule has 227 valence electrons. The Labute approximate surface area is 252 Å². The third-order valence-electron chi connectivity index (χ3n) is 4.98. The summed E-state index contributed by atoms with van der Waals surface area (Å²) in [6.07, 6.45) is 0. The second-order valence-corrected chi connectivity index (χ2v) is 9.73. The number of azo groups is 1. The summed E-state index contributed by atoms with van der Waals surface area (Å²) in [5.74, 6) is -0.283. The van der Waals surface area contributed by atoms with Crippen molar-refractivity contribution in [2.24, 2.45) is 10.2 Å². The Morgan fingerprint density at radius 1 is 0.738 bits per heavy atom. The fraction of sp³-hybridized carbons (Fsp3) is 0.0435. The number of hydrogen-bond acceptors (Lipinski definition) is 14. The minimum Gasteiger partial charge on any atom is -0.506 e. The monoisotopic (exact) mass is 687 g/mol. The summed E-state index contributed by atoms with van der Waals surface area (Å²) in [4.78, 5) is -0.374. The quantitative estimate of drug-likeness (QED) is 0.0841. The van der Waals surface area contributed by atoms with E-state index in [1.54, 1.807) is 31.3 Å². The van der Waals surface area contributed by atoms with Gasteiger partial charge in [0.05, 0.1) is 22.0 Å². The Kier molecular flexibility index (Phi) is 13.7. The van der Waals surface area contributed by atoms with Gasteiger partial charge in [-0.3, -0.25) is 4.55 Å². The molecule has 0 amide bonds. The molecule has 0 aliphatic rings. The fourth-order valence-electron chi connectivity index (χ4n) is 3.30. The zero-order valence-electron chi connectivity index (χ0n) is 21.0. The van der Waals surface area contributed by atoms with Gasteiger partial charge >= 0.3 is 21.2 Å². The van der Waals surface area contributed by atoms with Crippen molar-refractivity contribution >= 4 is 70.5 Å². The molecular weight excluding hydrogens is 668 g/mol. The molecule has 1 radical (unpaired) electrons. The van der Waals surface area contributed by atoms with Gasteiger partial charge in [0.25, 0.3) is 10.1 Å². The van der Waals surface area contributed by atoms with Gasteiger partial charge in [-0.05, 0) is 41.8 Å². The maximum absolute atomic E-state index is 11.5. The fourth-order valence-corrected chi connectivity index (χ4v) is 3.81. The summed E-state index contributed by atoms with van der Waals surface area (Å²) in [6.45, 7) is 0. The number of anilines is 3. The average Bonchev–Trinajstić information content (AvgIpc) is 2.88. The van der Waals surface area contributed by atoms with Crippen molar-refractivity contribution in [3.8, 4) is 11.5 Å². The standard InChI is InChI=1S/C23H20N4O5S.Cu.2O3S/c1-24-18-7-4-8-19(23(18)29)26-27-22-16-6-3-2-5-14(16)9-11-17(22)25-20-13-15(33(30,31)32)10-12-21(20)28;;2*1-4(2)3/h2-13,24-25,28-29H,1H3,(H,30,31,32);;;.